The number of nitrogens with zero attached hydrogens (tertiary/aromatic N) is 4. The second-order valence-electron chi connectivity index (χ2n) is 7.26. The van der Waals surface area contributed by atoms with Crippen molar-refractivity contribution < 1.29 is 4.79 Å². The van der Waals surface area contributed by atoms with Crippen LogP contribution in [0.25, 0.3) is 0 Å². The minimum atomic E-state index is -0.0234. The Balaban J connectivity index is 1.77. The Kier molecular flexibility index (Phi) is 5.68. The maximum Gasteiger partial charge on any atom is 0.225 e. The molecule has 0 radical (unpaired) electrons. The first-order valence-electron chi connectivity index (χ1n) is 9.12. The van der Waals surface area contributed by atoms with E-state index in [1.807, 2.05) is 48.6 Å². The van der Waals surface area contributed by atoms with Gasteiger partial charge in [-0.2, -0.15) is 5.10 Å². The lowest BCUT2D eigenvalue weighted by Crippen LogP contribution is -2.49. The molecule has 1 fully saturated rings. The lowest BCUT2D eigenvalue weighted by atomic mass is 10.0. The van der Waals surface area contributed by atoms with Crippen LogP contribution in [0.1, 0.15) is 42.4 Å². The molecular weight excluding hydrogens is 348 g/mol. The van der Waals surface area contributed by atoms with Crippen molar-refractivity contribution >= 4 is 17.5 Å². The summed E-state index contributed by atoms with van der Waals surface area (Å²) in [6, 6.07) is 10.4. The highest BCUT2D eigenvalue weighted by Crippen LogP contribution is 2.28. The van der Waals surface area contributed by atoms with Gasteiger partial charge >= 0.3 is 0 Å². The molecule has 1 aliphatic rings. The molecule has 0 saturated carbocycles. The third-order valence-electron chi connectivity index (χ3n) is 5.21. The summed E-state index contributed by atoms with van der Waals surface area (Å²) in [5.41, 5.74) is 2.92. The molecule has 2 atom stereocenters. The quantitative estimate of drug-likeness (QED) is 0.820. The van der Waals surface area contributed by atoms with Crippen LogP contribution in [0, 0.1) is 13.8 Å². The van der Waals surface area contributed by atoms with E-state index >= 15 is 0 Å². The van der Waals surface area contributed by atoms with E-state index in [0.717, 1.165) is 31.0 Å². The van der Waals surface area contributed by atoms with Gasteiger partial charge in [0.05, 0.1) is 28.5 Å². The largest absolute Gasteiger partial charge is 0.333 e. The van der Waals surface area contributed by atoms with E-state index in [2.05, 4.69) is 29.2 Å². The second-order valence-corrected chi connectivity index (χ2v) is 7.64. The molecule has 1 aromatic heterocycles. The Morgan fingerprint density at radius 3 is 2.58 bits per heavy atom. The highest BCUT2D eigenvalue weighted by atomic mass is 35.5. The summed E-state index contributed by atoms with van der Waals surface area (Å²) in [6.45, 7) is 8.38. The second kappa shape index (κ2) is 7.80. The molecule has 0 spiro atoms. The van der Waals surface area contributed by atoms with E-state index in [4.69, 9.17) is 11.6 Å². The topological polar surface area (TPSA) is 41.4 Å². The fourth-order valence-electron chi connectivity index (χ4n) is 3.71. The summed E-state index contributed by atoms with van der Waals surface area (Å²) in [4.78, 5) is 17.4. The number of amides is 1. The van der Waals surface area contributed by atoms with Crippen molar-refractivity contribution in [2.45, 2.75) is 39.3 Å². The number of likely N-dealkylation sites (N-methyl/N-ethyl adjacent to an activating group) is 1. The molecule has 0 bridgehead atoms. The van der Waals surface area contributed by atoms with Crippen LogP contribution in [0.2, 0.25) is 5.02 Å². The molecule has 2 aromatic rings. The van der Waals surface area contributed by atoms with Crippen molar-refractivity contribution in [2.24, 2.45) is 0 Å². The lowest BCUT2D eigenvalue weighted by Gasteiger charge is -2.40. The Hall–Kier alpha value is -1.85. The van der Waals surface area contributed by atoms with E-state index in [-0.39, 0.29) is 18.0 Å². The van der Waals surface area contributed by atoms with Gasteiger partial charge < -0.3 is 9.80 Å². The summed E-state index contributed by atoms with van der Waals surface area (Å²) in [6.07, 6.45) is 0.422. The number of halogens is 1. The van der Waals surface area contributed by atoms with Crippen LogP contribution in [-0.2, 0) is 4.79 Å². The Bertz CT molecular complexity index is 774. The third-order valence-corrected chi connectivity index (χ3v) is 5.76. The minimum Gasteiger partial charge on any atom is -0.333 e. The van der Waals surface area contributed by atoms with Crippen molar-refractivity contribution in [1.82, 2.24) is 19.6 Å². The van der Waals surface area contributed by atoms with Gasteiger partial charge in [0, 0.05) is 26.1 Å². The predicted octanol–water partition coefficient (Wildman–Crippen LogP) is 3.62. The Morgan fingerprint density at radius 2 is 1.96 bits per heavy atom. The van der Waals surface area contributed by atoms with E-state index < -0.39 is 0 Å². The van der Waals surface area contributed by atoms with Gasteiger partial charge in [-0.05, 0) is 33.4 Å². The number of rotatable bonds is 4. The zero-order valence-electron chi connectivity index (χ0n) is 15.9. The van der Waals surface area contributed by atoms with Crippen LogP contribution in [0.5, 0.6) is 0 Å². The van der Waals surface area contributed by atoms with Crippen molar-refractivity contribution in [3.05, 3.63) is 52.3 Å². The molecule has 0 N–H and O–H groups in total. The average molecular weight is 375 g/mol. The molecular formula is C20H27ClN4O. The van der Waals surface area contributed by atoms with Crippen molar-refractivity contribution in [3.8, 4) is 0 Å². The van der Waals surface area contributed by atoms with E-state index in [0.29, 0.717) is 11.4 Å². The van der Waals surface area contributed by atoms with Crippen LogP contribution >= 0.6 is 11.6 Å². The van der Waals surface area contributed by atoms with Gasteiger partial charge in [0.1, 0.15) is 0 Å². The summed E-state index contributed by atoms with van der Waals surface area (Å²) in [5, 5.41) is 5.19. The maximum atomic E-state index is 13.1. The number of hydrogen-bond donors (Lipinski definition) is 0. The van der Waals surface area contributed by atoms with Crippen LogP contribution in [-0.4, -0.2) is 52.2 Å². The fraction of sp³-hybridized carbons (Fsp3) is 0.500. The highest BCUT2D eigenvalue weighted by Gasteiger charge is 2.31. The zero-order valence-corrected chi connectivity index (χ0v) is 16.7. The van der Waals surface area contributed by atoms with E-state index in [1.54, 1.807) is 0 Å². The first-order chi connectivity index (χ1) is 12.4. The standard InChI is InChI=1S/C20H27ClN4O/c1-14(25-16(3)20(21)15(2)22-25)12-19(26)24-11-10-23(4)13-18(24)17-8-6-5-7-9-17/h5-9,14,18H,10-13H2,1-4H3/t14-,18+/m0/s1. The molecule has 2 heterocycles. The fourth-order valence-corrected chi connectivity index (χ4v) is 3.83. The average Bonchev–Trinajstić information content (AvgIpc) is 2.89. The van der Waals surface area contributed by atoms with Crippen LogP contribution < -0.4 is 0 Å². The first-order valence-corrected chi connectivity index (χ1v) is 9.50. The number of piperazine rings is 1. The molecule has 1 amide bonds. The molecule has 0 unspecified atom stereocenters. The smallest absolute Gasteiger partial charge is 0.225 e. The SMILES string of the molecule is Cc1nn([C@@H](C)CC(=O)N2CCN(C)C[C@@H]2c2ccccc2)c(C)c1Cl. The van der Waals surface area contributed by atoms with Gasteiger partial charge in [-0.25, -0.2) is 0 Å². The van der Waals surface area contributed by atoms with Gasteiger partial charge in [-0.1, -0.05) is 41.9 Å². The first kappa shape index (κ1) is 18.9. The monoisotopic (exact) mass is 374 g/mol. The molecule has 1 aromatic carbocycles. The van der Waals surface area contributed by atoms with Crippen LogP contribution in [0.4, 0.5) is 0 Å². The molecule has 1 saturated heterocycles. The number of aromatic nitrogens is 2. The minimum absolute atomic E-state index is 0.0234. The molecule has 1 aliphatic heterocycles. The molecule has 3 rings (SSSR count). The molecule has 6 heteroatoms. The maximum absolute atomic E-state index is 13.1. The van der Waals surface area contributed by atoms with E-state index in [9.17, 15) is 4.79 Å². The summed E-state index contributed by atoms with van der Waals surface area (Å²) in [5.74, 6) is 0.170. The highest BCUT2D eigenvalue weighted by molar-refractivity contribution is 6.31. The lowest BCUT2D eigenvalue weighted by molar-refractivity contribution is -0.137. The molecule has 5 nitrogen and oxygen atoms in total. The Morgan fingerprint density at radius 1 is 1.27 bits per heavy atom. The van der Waals surface area contributed by atoms with Gasteiger partial charge in [0.25, 0.3) is 0 Å². The van der Waals surface area contributed by atoms with Gasteiger partial charge in [-0.3, -0.25) is 9.48 Å². The molecule has 140 valence electrons. The summed E-state index contributed by atoms with van der Waals surface area (Å²) < 4.78 is 1.88. The molecule has 0 aliphatic carbocycles. The van der Waals surface area contributed by atoms with Gasteiger partial charge in [0.15, 0.2) is 0 Å². The normalized spacial score (nSPS) is 19.6. The number of aryl methyl sites for hydroxylation is 1. The van der Waals surface area contributed by atoms with E-state index in [1.165, 1.54) is 5.56 Å². The van der Waals surface area contributed by atoms with Crippen molar-refractivity contribution in [2.75, 3.05) is 26.7 Å². The van der Waals surface area contributed by atoms with Crippen molar-refractivity contribution in [3.63, 3.8) is 0 Å². The number of benzene rings is 1. The summed E-state index contributed by atoms with van der Waals surface area (Å²) in [7, 11) is 2.11. The third kappa shape index (κ3) is 3.79. The number of carbonyl (C=O) groups is 1. The summed E-state index contributed by atoms with van der Waals surface area (Å²) >= 11 is 6.26. The van der Waals surface area contributed by atoms with Gasteiger partial charge in [-0.15, -0.1) is 0 Å². The molecule has 26 heavy (non-hydrogen) atoms. The van der Waals surface area contributed by atoms with Crippen LogP contribution in [0.15, 0.2) is 30.3 Å². The van der Waals surface area contributed by atoms with Crippen LogP contribution in [0.3, 0.4) is 0 Å². The number of carbonyl (C=O) groups excluding carboxylic acids is 1. The number of hydrogen-bond acceptors (Lipinski definition) is 3. The Labute approximate surface area is 160 Å². The zero-order chi connectivity index (χ0) is 18.8. The predicted molar refractivity (Wildman–Crippen MR) is 104 cm³/mol. The van der Waals surface area contributed by atoms with Crippen molar-refractivity contribution in [1.29, 1.82) is 0 Å². The van der Waals surface area contributed by atoms with Gasteiger partial charge in [0.2, 0.25) is 5.91 Å².